The van der Waals surface area contributed by atoms with Gasteiger partial charge in [0.1, 0.15) is 0 Å². The molecule has 0 aliphatic carbocycles. The van der Waals surface area contributed by atoms with Gasteiger partial charge in [-0.1, -0.05) is 11.6 Å². The highest BCUT2D eigenvalue weighted by molar-refractivity contribution is 6.30. The van der Waals surface area contributed by atoms with Crippen molar-refractivity contribution in [2.75, 3.05) is 0 Å². The molecule has 0 saturated heterocycles. The standard InChI is InChI=1S/C7H5ClN4O2/c8-6-4(3-5(13)14)11-7-9-1-2-10-12(6)7/h1-2H,3H2,(H,13,14). The number of hydrogen-bond donors (Lipinski definition) is 1. The van der Waals surface area contributed by atoms with Crippen molar-refractivity contribution < 1.29 is 9.90 Å². The van der Waals surface area contributed by atoms with Gasteiger partial charge in [0.25, 0.3) is 5.78 Å². The maximum atomic E-state index is 10.4. The van der Waals surface area contributed by atoms with Gasteiger partial charge in [0.05, 0.1) is 24.5 Å². The zero-order chi connectivity index (χ0) is 10.1. The number of carboxylic acids is 1. The molecule has 0 spiro atoms. The Morgan fingerprint density at radius 3 is 3.00 bits per heavy atom. The Morgan fingerprint density at radius 1 is 1.57 bits per heavy atom. The quantitative estimate of drug-likeness (QED) is 0.780. The Bertz CT molecular complexity index is 495. The molecule has 7 heteroatoms. The third kappa shape index (κ3) is 1.39. The van der Waals surface area contributed by atoms with E-state index in [9.17, 15) is 4.79 Å². The fourth-order valence-corrected chi connectivity index (χ4v) is 1.29. The first-order valence-electron chi connectivity index (χ1n) is 3.74. The summed E-state index contributed by atoms with van der Waals surface area (Å²) >= 11 is 5.84. The van der Waals surface area contributed by atoms with Crippen molar-refractivity contribution in [3.05, 3.63) is 23.2 Å². The van der Waals surface area contributed by atoms with Crippen LogP contribution in [0, 0.1) is 0 Å². The van der Waals surface area contributed by atoms with Crippen LogP contribution in [-0.4, -0.2) is 30.7 Å². The van der Waals surface area contributed by atoms with E-state index in [0.29, 0.717) is 5.78 Å². The summed E-state index contributed by atoms with van der Waals surface area (Å²) in [7, 11) is 0. The molecule has 0 aromatic carbocycles. The smallest absolute Gasteiger partial charge is 0.309 e. The molecule has 0 bridgehead atoms. The Hall–Kier alpha value is -1.69. The number of hydrogen-bond acceptors (Lipinski definition) is 4. The predicted octanol–water partition coefficient (Wildman–Crippen LogP) is 0.405. The van der Waals surface area contributed by atoms with Crippen LogP contribution in [0.3, 0.4) is 0 Å². The van der Waals surface area contributed by atoms with Gasteiger partial charge in [-0.3, -0.25) is 4.79 Å². The highest BCUT2D eigenvalue weighted by atomic mass is 35.5. The normalized spacial score (nSPS) is 10.6. The molecular weight excluding hydrogens is 208 g/mol. The summed E-state index contributed by atoms with van der Waals surface area (Å²) < 4.78 is 1.29. The largest absolute Gasteiger partial charge is 0.481 e. The first-order valence-corrected chi connectivity index (χ1v) is 4.12. The van der Waals surface area contributed by atoms with E-state index in [1.165, 1.54) is 16.9 Å². The number of rotatable bonds is 2. The third-order valence-electron chi connectivity index (χ3n) is 1.61. The monoisotopic (exact) mass is 212 g/mol. The van der Waals surface area contributed by atoms with Crippen LogP contribution in [0.15, 0.2) is 12.4 Å². The summed E-state index contributed by atoms with van der Waals surface area (Å²) in [5.74, 6) is -0.691. The lowest BCUT2D eigenvalue weighted by Gasteiger charge is -1.90. The van der Waals surface area contributed by atoms with E-state index in [-0.39, 0.29) is 17.3 Å². The lowest BCUT2D eigenvalue weighted by molar-refractivity contribution is -0.136. The van der Waals surface area contributed by atoms with Gasteiger partial charge in [0, 0.05) is 0 Å². The van der Waals surface area contributed by atoms with Crippen LogP contribution in [0.5, 0.6) is 0 Å². The molecule has 0 aliphatic rings. The molecule has 0 atom stereocenters. The van der Waals surface area contributed by atoms with E-state index in [1.54, 1.807) is 0 Å². The second kappa shape index (κ2) is 3.22. The van der Waals surface area contributed by atoms with Crippen molar-refractivity contribution in [2.24, 2.45) is 0 Å². The molecule has 2 rings (SSSR count). The number of carboxylic acid groups (broad SMARTS) is 1. The molecule has 0 amide bonds. The number of imidazole rings is 1. The van der Waals surface area contributed by atoms with Gasteiger partial charge in [-0.15, -0.1) is 0 Å². The van der Waals surface area contributed by atoms with Gasteiger partial charge in [0.2, 0.25) is 0 Å². The minimum atomic E-state index is -0.990. The van der Waals surface area contributed by atoms with E-state index in [2.05, 4.69) is 15.1 Å². The molecule has 2 aromatic rings. The Kier molecular flexibility index (Phi) is 2.05. The summed E-state index contributed by atoms with van der Waals surface area (Å²) in [6, 6.07) is 0. The fraction of sp³-hybridized carbons (Fsp3) is 0.143. The third-order valence-corrected chi connectivity index (χ3v) is 1.98. The molecule has 0 fully saturated rings. The Morgan fingerprint density at radius 2 is 2.36 bits per heavy atom. The minimum absolute atomic E-state index is 0.190. The molecule has 2 heterocycles. The highest BCUT2D eigenvalue weighted by Gasteiger charge is 2.13. The second-order valence-electron chi connectivity index (χ2n) is 2.57. The molecule has 6 nitrogen and oxygen atoms in total. The van der Waals surface area contributed by atoms with Crippen LogP contribution in [0.25, 0.3) is 5.78 Å². The molecule has 14 heavy (non-hydrogen) atoms. The molecule has 0 unspecified atom stereocenters. The van der Waals surface area contributed by atoms with Gasteiger partial charge < -0.3 is 5.11 Å². The maximum Gasteiger partial charge on any atom is 0.309 e. The Labute approximate surface area is 83.2 Å². The SMILES string of the molecule is O=C(O)Cc1nc2nccnn2c1Cl. The molecule has 0 saturated carbocycles. The van der Waals surface area contributed by atoms with Crippen molar-refractivity contribution in [1.82, 2.24) is 19.6 Å². The summed E-state index contributed by atoms with van der Waals surface area (Å²) in [6.07, 6.45) is 2.68. The zero-order valence-electron chi connectivity index (χ0n) is 6.88. The van der Waals surface area contributed by atoms with Gasteiger partial charge >= 0.3 is 5.97 Å². The summed E-state index contributed by atoms with van der Waals surface area (Å²) in [6.45, 7) is 0. The first kappa shape index (κ1) is 8.89. The van der Waals surface area contributed by atoms with Crippen molar-refractivity contribution in [3.63, 3.8) is 0 Å². The molecule has 2 aromatic heterocycles. The minimum Gasteiger partial charge on any atom is -0.481 e. The van der Waals surface area contributed by atoms with Gasteiger partial charge in [-0.05, 0) is 0 Å². The van der Waals surface area contributed by atoms with Crippen LogP contribution < -0.4 is 0 Å². The maximum absolute atomic E-state index is 10.4. The Balaban J connectivity index is 2.57. The van der Waals surface area contributed by atoms with E-state index in [1.807, 2.05) is 0 Å². The van der Waals surface area contributed by atoms with Crippen LogP contribution in [-0.2, 0) is 11.2 Å². The lowest BCUT2D eigenvalue weighted by atomic mass is 10.3. The topological polar surface area (TPSA) is 80.4 Å². The summed E-state index contributed by atoms with van der Waals surface area (Å²) in [4.78, 5) is 18.3. The number of aromatic nitrogens is 4. The molecule has 72 valence electrons. The summed E-state index contributed by atoms with van der Waals surface area (Å²) in [5.41, 5.74) is 0.269. The van der Waals surface area contributed by atoms with Crippen molar-refractivity contribution in [2.45, 2.75) is 6.42 Å². The van der Waals surface area contributed by atoms with Crippen LogP contribution in [0.2, 0.25) is 5.15 Å². The average Bonchev–Trinajstić information content (AvgIpc) is 2.44. The van der Waals surface area contributed by atoms with Crippen LogP contribution in [0.4, 0.5) is 0 Å². The van der Waals surface area contributed by atoms with Crippen molar-refractivity contribution in [1.29, 1.82) is 0 Å². The summed E-state index contributed by atoms with van der Waals surface area (Å²) in [5, 5.41) is 12.6. The van der Waals surface area contributed by atoms with Gasteiger partial charge in [-0.2, -0.15) is 9.61 Å². The molecule has 0 radical (unpaired) electrons. The zero-order valence-corrected chi connectivity index (χ0v) is 7.64. The van der Waals surface area contributed by atoms with Crippen molar-refractivity contribution >= 4 is 23.3 Å². The lowest BCUT2D eigenvalue weighted by Crippen LogP contribution is -2.00. The van der Waals surface area contributed by atoms with E-state index in [4.69, 9.17) is 16.7 Å². The second-order valence-corrected chi connectivity index (χ2v) is 2.93. The highest BCUT2D eigenvalue weighted by Crippen LogP contribution is 2.15. The average molecular weight is 213 g/mol. The van der Waals surface area contributed by atoms with Crippen LogP contribution >= 0.6 is 11.6 Å². The first-order chi connectivity index (χ1) is 6.68. The van der Waals surface area contributed by atoms with Crippen LogP contribution in [0.1, 0.15) is 5.69 Å². The van der Waals surface area contributed by atoms with E-state index in [0.717, 1.165) is 0 Å². The number of fused-ring (bicyclic) bond motifs is 1. The molecular formula is C7H5ClN4O2. The fourth-order valence-electron chi connectivity index (χ4n) is 1.06. The number of halogens is 1. The van der Waals surface area contributed by atoms with E-state index < -0.39 is 5.97 Å². The van der Waals surface area contributed by atoms with Crippen molar-refractivity contribution in [3.8, 4) is 0 Å². The van der Waals surface area contributed by atoms with Gasteiger partial charge in [-0.25, -0.2) is 9.97 Å². The molecule has 0 aliphatic heterocycles. The van der Waals surface area contributed by atoms with Gasteiger partial charge in [0.15, 0.2) is 5.15 Å². The molecule has 1 N–H and O–H groups in total. The predicted molar refractivity (Wildman–Crippen MR) is 47.1 cm³/mol. The van der Waals surface area contributed by atoms with E-state index >= 15 is 0 Å². The number of carbonyl (C=O) groups is 1. The number of nitrogens with zero attached hydrogens (tertiary/aromatic N) is 4. The number of aliphatic carboxylic acids is 1.